The van der Waals surface area contributed by atoms with Crippen LogP contribution < -0.4 is 0 Å². The third-order valence-corrected chi connectivity index (χ3v) is 3.04. The zero-order valence-electron chi connectivity index (χ0n) is 11.1. The van der Waals surface area contributed by atoms with E-state index < -0.39 is 0 Å². The van der Waals surface area contributed by atoms with Crippen LogP contribution in [0.2, 0.25) is 0 Å². The van der Waals surface area contributed by atoms with Gasteiger partial charge >= 0.3 is 0 Å². The lowest BCUT2D eigenvalue weighted by atomic mass is 9.93. The predicted octanol–water partition coefficient (Wildman–Crippen LogP) is 4.12. The Morgan fingerprint density at radius 3 is 2.94 bits per heavy atom. The number of allylic oxidation sites excluding steroid dienone is 7. The molecule has 0 aromatic rings. The molecule has 96 valence electrons. The summed E-state index contributed by atoms with van der Waals surface area (Å²) in [4.78, 5) is 3.96. The van der Waals surface area contributed by atoms with Crippen molar-refractivity contribution in [3.63, 3.8) is 0 Å². The second-order valence-electron chi connectivity index (χ2n) is 4.45. The number of nitrogens with one attached hydrogen (secondary N) is 1. The molecule has 1 aliphatic rings. The molecule has 1 rings (SSSR count). The first-order valence-corrected chi connectivity index (χ1v) is 6.40. The van der Waals surface area contributed by atoms with Crippen molar-refractivity contribution in [3.05, 3.63) is 48.1 Å². The third-order valence-electron chi connectivity index (χ3n) is 3.04. The van der Waals surface area contributed by atoms with Gasteiger partial charge in [-0.1, -0.05) is 30.9 Å². The van der Waals surface area contributed by atoms with Crippen LogP contribution in [0.5, 0.6) is 0 Å². The highest BCUT2D eigenvalue weighted by Crippen LogP contribution is 2.20. The molecule has 0 amide bonds. The SMILES string of the molecule is C=C(C=NC)/C(=C/C=N)CC=CC1CC=CCC1. The predicted molar refractivity (Wildman–Crippen MR) is 80.7 cm³/mol. The maximum atomic E-state index is 7.17. The Kier molecular flexibility index (Phi) is 6.70. The number of rotatable bonds is 6. The standard InChI is InChI=1S/C16H22N2/c1-14(13-18-2)16(11-12-17)10-6-9-15-7-4-3-5-8-15/h3-4,6,9,11-13,15,17H,1,5,7-8,10H2,2H3/b9-6?,16-11+,17-12?,18-13?. The fourth-order valence-electron chi connectivity index (χ4n) is 2.02. The zero-order valence-corrected chi connectivity index (χ0v) is 11.1. The quantitative estimate of drug-likeness (QED) is 0.413. The van der Waals surface area contributed by atoms with Gasteiger partial charge in [-0.05, 0) is 48.8 Å². The van der Waals surface area contributed by atoms with Gasteiger partial charge in [0.15, 0.2) is 0 Å². The Balaban J connectivity index is 2.54. The Labute approximate surface area is 110 Å². The fraction of sp³-hybridized carbons (Fsp3) is 0.375. The van der Waals surface area contributed by atoms with E-state index in [0.29, 0.717) is 5.92 Å². The maximum absolute atomic E-state index is 7.17. The van der Waals surface area contributed by atoms with Crippen molar-refractivity contribution in [3.8, 4) is 0 Å². The van der Waals surface area contributed by atoms with Crippen molar-refractivity contribution < 1.29 is 0 Å². The minimum absolute atomic E-state index is 0.671. The molecule has 2 heteroatoms. The molecule has 18 heavy (non-hydrogen) atoms. The average Bonchev–Trinajstić information content (AvgIpc) is 2.39. The molecule has 1 unspecified atom stereocenters. The van der Waals surface area contributed by atoms with E-state index in [9.17, 15) is 0 Å². The van der Waals surface area contributed by atoms with E-state index in [2.05, 4.69) is 35.9 Å². The summed E-state index contributed by atoms with van der Waals surface area (Å²) >= 11 is 0. The summed E-state index contributed by atoms with van der Waals surface area (Å²) in [5.41, 5.74) is 1.94. The van der Waals surface area contributed by atoms with Crippen molar-refractivity contribution in [1.82, 2.24) is 0 Å². The molecule has 0 aliphatic heterocycles. The topological polar surface area (TPSA) is 36.2 Å². The summed E-state index contributed by atoms with van der Waals surface area (Å²) in [6, 6.07) is 0. The van der Waals surface area contributed by atoms with E-state index in [1.54, 1.807) is 19.3 Å². The van der Waals surface area contributed by atoms with Crippen LogP contribution in [-0.2, 0) is 0 Å². The van der Waals surface area contributed by atoms with Crippen LogP contribution in [0.1, 0.15) is 25.7 Å². The van der Waals surface area contributed by atoms with Crippen molar-refractivity contribution in [1.29, 1.82) is 5.41 Å². The number of hydrogen-bond acceptors (Lipinski definition) is 2. The molecule has 0 radical (unpaired) electrons. The van der Waals surface area contributed by atoms with Crippen molar-refractivity contribution >= 4 is 12.4 Å². The molecular weight excluding hydrogens is 220 g/mol. The van der Waals surface area contributed by atoms with Gasteiger partial charge in [0.1, 0.15) is 0 Å². The fourth-order valence-corrected chi connectivity index (χ4v) is 2.02. The summed E-state index contributed by atoms with van der Waals surface area (Å²) in [5.74, 6) is 0.671. The van der Waals surface area contributed by atoms with Gasteiger partial charge in [-0.2, -0.15) is 0 Å². The molecule has 0 aromatic carbocycles. The number of aliphatic imine (C=N–C) groups is 1. The van der Waals surface area contributed by atoms with Gasteiger partial charge in [-0.3, -0.25) is 4.99 Å². The highest BCUT2D eigenvalue weighted by molar-refractivity contribution is 5.86. The normalized spacial score (nSPS) is 20.7. The maximum Gasteiger partial charge on any atom is 0.0278 e. The van der Waals surface area contributed by atoms with Crippen LogP contribution in [-0.4, -0.2) is 19.5 Å². The van der Waals surface area contributed by atoms with E-state index >= 15 is 0 Å². The lowest BCUT2D eigenvalue weighted by Crippen LogP contribution is -1.98. The molecule has 1 aliphatic carbocycles. The number of nitrogens with zero attached hydrogens (tertiary/aromatic N) is 1. The first-order chi connectivity index (χ1) is 8.77. The van der Waals surface area contributed by atoms with Gasteiger partial charge in [0, 0.05) is 19.5 Å². The Morgan fingerprint density at radius 1 is 1.50 bits per heavy atom. The molecule has 0 heterocycles. The van der Waals surface area contributed by atoms with E-state index in [4.69, 9.17) is 5.41 Å². The minimum atomic E-state index is 0.671. The summed E-state index contributed by atoms with van der Waals surface area (Å²) < 4.78 is 0. The van der Waals surface area contributed by atoms with Gasteiger partial charge < -0.3 is 5.41 Å². The first kappa shape index (κ1) is 14.4. The Morgan fingerprint density at radius 2 is 2.33 bits per heavy atom. The molecule has 2 nitrogen and oxygen atoms in total. The van der Waals surface area contributed by atoms with Crippen molar-refractivity contribution in [2.75, 3.05) is 7.05 Å². The second-order valence-corrected chi connectivity index (χ2v) is 4.45. The second kappa shape index (κ2) is 8.40. The van der Waals surface area contributed by atoms with Gasteiger partial charge in [0.25, 0.3) is 0 Å². The van der Waals surface area contributed by atoms with E-state index in [1.165, 1.54) is 19.1 Å². The van der Waals surface area contributed by atoms with Crippen LogP contribution in [0.25, 0.3) is 0 Å². The van der Waals surface area contributed by atoms with Crippen LogP contribution in [0.4, 0.5) is 0 Å². The molecule has 1 atom stereocenters. The van der Waals surface area contributed by atoms with Crippen LogP contribution in [0, 0.1) is 11.3 Å². The Bertz CT molecular complexity index is 397. The van der Waals surface area contributed by atoms with Gasteiger partial charge in [-0.25, -0.2) is 0 Å². The largest absolute Gasteiger partial charge is 0.309 e. The van der Waals surface area contributed by atoms with E-state index in [0.717, 1.165) is 24.0 Å². The third kappa shape index (κ3) is 5.09. The molecule has 0 saturated carbocycles. The van der Waals surface area contributed by atoms with Gasteiger partial charge in [0.05, 0.1) is 0 Å². The summed E-state index contributed by atoms with van der Waals surface area (Å²) in [6.45, 7) is 3.96. The average molecular weight is 242 g/mol. The zero-order chi connectivity index (χ0) is 13.2. The summed E-state index contributed by atoms with van der Waals surface area (Å²) in [5, 5.41) is 7.17. The lowest BCUT2D eigenvalue weighted by Gasteiger charge is -2.13. The van der Waals surface area contributed by atoms with E-state index in [1.807, 2.05) is 0 Å². The monoisotopic (exact) mass is 242 g/mol. The van der Waals surface area contributed by atoms with Crippen LogP contribution >= 0.6 is 0 Å². The van der Waals surface area contributed by atoms with Gasteiger partial charge in [0.2, 0.25) is 0 Å². The minimum Gasteiger partial charge on any atom is -0.309 e. The molecule has 0 bridgehead atoms. The van der Waals surface area contributed by atoms with Crippen molar-refractivity contribution in [2.24, 2.45) is 10.9 Å². The molecule has 0 saturated heterocycles. The van der Waals surface area contributed by atoms with Crippen LogP contribution in [0.3, 0.4) is 0 Å². The molecule has 0 spiro atoms. The highest BCUT2D eigenvalue weighted by atomic mass is 14.6. The first-order valence-electron chi connectivity index (χ1n) is 6.40. The van der Waals surface area contributed by atoms with Gasteiger partial charge in [-0.15, -0.1) is 0 Å². The highest BCUT2D eigenvalue weighted by Gasteiger charge is 2.05. The van der Waals surface area contributed by atoms with Crippen molar-refractivity contribution in [2.45, 2.75) is 25.7 Å². The van der Waals surface area contributed by atoms with Crippen LogP contribution in [0.15, 0.2) is 53.1 Å². The molecular formula is C16H22N2. The number of hydrogen-bond donors (Lipinski definition) is 1. The summed E-state index contributed by atoms with van der Waals surface area (Å²) in [7, 11) is 1.73. The van der Waals surface area contributed by atoms with E-state index in [-0.39, 0.29) is 0 Å². The Hall–Kier alpha value is -1.70. The summed E-state index contributed by atoms with van der Waals surface area (Å²) in [6.07, 6.45) is 18.2. The molecule has 0 fully saturated rings. The molecule has 0 aromatic heterocycles. The lowest BCUT2D eigenvalue weighted by molar-refractivity contribution is 0.582. The molecule has 1 N–H and O–H groups in total. The smallest absolute Gasteiger partial charge is 0.0278 e.